The van der Waals surface area contributed by atoms with Crippen molar-refractivity contribution in [2.24, 2.45) is 0 Å². The van der Waals surface area contributed by atoms with Crippen LogP contribution in [0.5, 0.6) is 11.6 Å². The molecule has 0 fully saturated rings. The molecule has 0 aliphatic rings. The number of halogens is 3. The Labute approximate surface area is 169 Å². The van der Waals surface area contributed by atoms with Crippen LogP contribution in [0.15, 0.2) is 55.0 Å². The van der Waals surface area contributed by atoms with Gasteiger partial charge in [-0.25, -0.2) is 14.9 Å². The molecule has 3 aromatic rings. The summed E-state index contributed by atoms with van der Waals surface area (Å²) < 4.78 is 47.4. The van der Waals surface area contributed by atoms with Crippen molar-refractivity contribution >= 4 is 5.91 Å². The molecule has 2 aromatic heterocycles. The number of hydrogen-bond donors (Lipinski definition) is 1. The molecule has 0 aliphatic heterocycles. The summed E-state index contributed by atoms with van der Waals surface area (Å²) in [6.07, 6.45) is 4.11. The summed E-state index contributed by atoms with van der Waals surface area (Å²) >= 11 is 0. The van der Waals surface area contributed by atoms with Crippen molar-refractivity contribution in [1.82, 2.24) is 15.4 Å². The molecule has 0 saturated heterocycles. The molecule has 0 aliphatic carbocycles. The number of benzene rings is 1. The van der Waals surface area contributed by atoms with E-state index >= 15 is 0 Å². The van der Waals surface area contributed by atoms with Gasteiger partial charge in [-0.05, 0) is 30.3 Å². The first-order valence-corrected chi connectivity index (χ1v) is 8.57. The number of carbonyl (C=O) groups excluding carboxylic acids is 1. The zero-order chi connectivity index (χ0) is 21.5. The number of carbonyl (C=O) groups is 1. The summed E-state index contributed by atoms with van der Waals surface area (Å²) in [5.41, 5.74) is 3.66. The third kappa shape index (κ3) is 5.45. The standard InChI is InChI=1S/C20H16F3N3O4/c1-28-16-3-4-17(21)15(7-16)11-29-26-19(27)14-6-13(8-24-9-14)12-2-5-18(25-10-12)30-20(22)23/h2-10,20H,11H2,1H3,(H,26,27). The van der Waals surface area contributed by atoms with Gasteiger partial charge in [0, 0.05) is 41.3 Å². The molecule has 2 heterocycles. The predicted octanol–water partition coefficient (Wildman–Crippen LogP) is 3.75. The number of hydroxylamine groups is 1. The van der Waals surface area contributed by atoms with Gasteiger partial charge in [0.05, 0.1) is 12.7 Å². The molecule has 0 saturated carbocycles. The van der Waals surface area contributed by atoms with E-state index in [0.29, 0.717) is 16.9 Å². The van der Waals surface area contributed by atoms with Gasteiger partial charge >= 0.3 is 6.61 Å². The topological polar surface area (TPSA) is 82.6 Å². The van der Waals surface area contributed by atoms with Crippen molar-refractivity contribution in [2.75, 3.05) is 7.11 Å². The molecule has 10 heteroatoms. The summed E-state index contributed by atoms with van der Waals surface area (Å²) in [6, 6.07) is 8.46. The van der Waals surface area contributed by atoms with E-state index in [1.165, 1.54) is 62.1 Å². The Balaban J connectivity index is 1.63. The van der Waals surface area contributed by atoms with Crippen LogP contribution in [-0.2, 0) is 11.4 Å². The second-order valence-electron chi connectivity index (χ2n) is 5.90. The lowest BCUT2D eigenvalue weighted by atomic mass is 10.1. The molecule has 3 rings (SSSR count). The Morgan fingerprint density at radius 3 is 2.63 bits per heavy atom. The van der Waals surface area contributed by atoms with Gasteiger partial charge in [-0.2, -0.15) is 8.78 Å². The maximum atomic E-state index is 13.8. The lowest BCUT2D eigenvalue weighted by molar-refractivity contribution is -0.0528. The molecule has 0 atom stereocenters. The zero-order valence-electron chi connectivity index (χ0n) is 15.6. The van der Waals surface area contributed by atoms with E-state index in [4.69, 9.17) is 9.57 Å². The monoisotopic (exact) mass is 419 g/mol. The van der Waals surface area contributed by atoms with Gasteiger partial charge in [-0.3, -0.25) is 14.6 Å². The molecule has 0 radical (unpaired) electrons. The fraction of sp³-hybridized carbons (Fsp3) is 0.150. The SMILES string of the molecule is COc1ccc(F)c(CONC(=O)c2cncc(-c3ccc(OC(F)F)nc3)c2)c1. The predicted molar refractivity (Wildman–Crippen MR) is 99.3 cm³/mol. The molecule has 1 amide bonds. The number of nitrogens with zero attached hydrogens (tertiary/aromatic N) is 2. The number of hydrogen-bond acceptors (Lipinski definition) is 6. The van der Waals surface area contributed by atoms with E-state index in [2.05, 4.69) is 20.2 Å². The summed E-state index contributed by atoms with van der Waals surface area (Å²) in [4.78, 5) is 25.1. The highest BCUT2D eigenvalue weighted by Crippen LogP contribution is 2.21. The van der Waals surface area contributed by atoms with Crippen molar-refractivity contribution < 1.29 is 32.3 Å². The number of rotatable bonds is 8. The minimum atomic E-state index is -2.97. The highest BCUT2D eigenvalue weighted by molar-refractivity contribution is 5.94. The van der Waals surface area contributed by atoms with E-state index in [-0.39, 0.29) is 23.6 Å². The summed E-state index contributed by atoms with van der Waals surface area (Å²) in [5, 5.41) is 0. The van der Waals surface area contributed by atoms with Crippen LogP contribution < -0.4 is 15.0 Å². The first kappa shape index (κ1) is 21.1. The Kier molecular flexibility index (Phi) is 6.81. The number of pyridine rings is 2. The fourth-order valence-corrected chi connectivity index (χ4v) is 2.46. The molecule has 0 unspecified atom stereocenters. The zero-order valence-corrected chi connectivity index (χ0v) is 15.6. The number of amides is 1. The molecule has 0 bridgehead atoms. The Morgan fingerprint density at radius 2 is 1.93 bits per heavy atom. The van der Waals surface area contributed by atoms with Crippen LogP contribution in [0.1, 0.15) is 15.9 Å². The average molecular weight is 419 g/mol. The smallest absolute Gasteiger partial charge is 0.388 e. The lowest BCUT2D eigenvalue weighted by Crippen LogP contribution is -2.24. The van der Waals surface area contributed by atoms with E-state index in [9.17, 15) is 18.0 Å². The average Bonchev–Trinajstić information content (AvgIpc) is 2.75. The minimum absolute atomic E-state index is 0.173. The minimum Gasteiger partial charge on any atom is -0.497 e. The van der Waals surface area contributed by atoms with Gasteiger partial charge in [0.15, 0.2) is 0 Å². The molecule has 30 heavy (non-hydrogen) atoms. The van der Waals surface area contributed by atoms with Crippen LogP contribution >= 0.6 is 0 Å². The molecule has 1 N–H and O–H groups in total. The second kappa shape index (κ2) is 9.70. The quantitative estimate of drug-likeness (QED) is 0.560. The van der Waals surface area contributed by atoms with Gasteiger partial charge in [0.2, 0.25) is 5.88 Å². The maximum Gasteiger partial charge on any atom is 0.388 e. The number of aromatic nitrogens is 2. The van der Waals surface area contributed by atoms with Gasteiger partial charge < -0.3 is 9.47 Å². The van der Waals surface area contributed by atoms with Crippen LogP contribution in [0.25, 0.3) is 11.1 Å². The van der Waals surface area contributed by atoms with Crippen LogP contribution in [0.2, 0.25) is 0 Å². The van der Waals surface area contributed by atoms with Gasteiger partial charge in [0.1, 0.15) is 18.2 Å². The van der Waals surface area contributed by atoms with Crippen LogP contribution in [0.3, 0.4) is 0 Å². The number of nitrogens with one attached hydrogen (secondary N) is 1. The largest absolute Gasteiger partial charge is 0.497 e. The summed E-state index contributed by atoms with van der Waals surface area (Å²) in [6.45, 7) is -3.18. The van der Waals surface area contributed by atoms with Gasteiger partial charge in [0.25, 0.3) is 5.91 Å². The molecule has 0 spiro atoms. The molecular weight excluding hydrogens is 403 g/mol. The Morgan fingerprint density at radius 1 is 1.10 bits per heavy atom. The van der Waals surface area contributed by atoms with Crippen molar-refractivity contribution in [3.05, 3.63) is 71.9 Å². The van der Waals surface area contributed by atoms with Crippen molar-refractivity contribution in [3.63, 3.8) is 0 Å². The highest BCUT2D eigenvalue weighted by Gasteiger charge is 2.11. The summed E-state index contributed by atoms with van der Waals surface area (Å²) in [7, 11) is 1.45. The first-order chi connectivity index (χ1) is 14.5. The maximum absolute atomic E-state index is 13.8. The first-order valence-electron chi connectivity index (χ1n) is 8.57. The normalized spacial score (nSPS) is 10.7. The number of methoxy groups -OCH3 is 1. The van der Waals surface area contributed by atoms with Crippen molar-refractivity contribution in [2.45, 2.75) is 13.2 Å². The molecule has 7 nitrogen and oxygen atoms in total. The van der Waals surface area contributed by atoms with E-state index in [1.807, 2.05) is 0 Å². The van der Waals surface area contributed by atoms with Crippen LogP contribution in [0, 0.1) is 5.82 Å². The molecule has 156 valence electrons. The number of ether oxygens (including phenoxy) is 2. The Hall–Kier alpha value is -3.66. The van der Waals surface area contributed by atoms with Gasteiger partial charge in [-0.15, -0.1) is 0 Å². The van der Waals surface area contributed by atoms with Crippen molar-refractivity contribution in [1.29, 1.82) is 0 Å². The highest BCUT2D eigenvalue weighted by atomic mass is 19.3. The molecular formula is C20H16F3N3O4. The lowest BCUT2D eigenvalue weighted by Gasteiger charge is -2.09. The third-order valence-corrected chi connectivity index (χ3v) is 3.93. The summed E-state index contributed by atoms with van der Waals surface area (Å²) in [5.74, 6) is -0.871. The number of alkyl halides is 2. The van der Waals surface area contributed by atoms with Gasteiger partial charge in [-0.1, -0.05) is 0 Å². The molecule has 1 aromatic carbocycles. The van der Waals surface area contributed by atoms with Crippen LogP contribution in [0.4, 0.5) is 13.2 Å². The second-order valence-corrected chi connectivity index (χ2v) is 5.90. The third-order valence-electron chi connectivity index (χ3n) is 3.93. The van der Waals surface area contributed by atoms with Crippen molar-refractivity contribution in [3.8, 4) is 22.8 Å². The van der Waals surface area contributed by atoms with Crippen LogP contribution in [-0.4, -0.2) is 29.6 Å². The Bertz CT molecular complexity index is 1020. The van der Waals surface area contributed by atoms with E-state index in [0.717, 1.165) is 0 Å². The fourth-order valence-electron chi connectivity index (χ4n) is 2.46. The van der Waals surface area contributed by atoms with E-state index < -0.39 is 18.3 Å². The van der Waals surface area contributed by atoms with E-state index in [1.54, 1.807) is 0 Å².